The lowest BCUT2D eigenvalue weighted by Gasteiger charge is -2.23. The molecule has 1 fully saturated rings. The Hall–Kier alpha value is -1.99. The van der Waals surface area contributed by atoms with Crippen LogP contribution in [0.2, 0.25) is 0 Å². The molecule has 96 valence electrons. The largest absolute Gasteiger partial charge is 0.261 e. The summed E-state index contributed by atoms with van der Waals surface area (Å²) in [5.74, 6) is 0. The third-order valence-electron chi connectivity index (χ3n) is 4.19. The van der Waals surface area contributed by atoms with Crippen molar-refractivity contribution in [3.8, 4) is 0 Å². The maximum Gasteiger partial charge on any atom is 0.235 e. The van der Waals surface area contributed by atoms with Crippen LogP contribution >= 0.6 is 0 Å². The van der Waals surface area contributed by atoms with Gasteiger partial charge in [-0.15, -0.1) is 0 Å². The second kappa shape index (κ2) is 4.60. The Morgan fingerprint density at radius 3 is 2.79 bits per heavy atom. The van der Waals surface area contributed by atoms with Crippen molar-refractivity contribution >= 4 is 16.9 Å². The third kappa shape index (κ3) is 1.96. The van der Waals surface area contributed by atoms with Gasteiger partial charge in [-0.1, -0.05) is 25.0 Å². The first-order valence-corrected chi connectivity index (χ1v) is 6.70. The molecular formula is C16H16N2O. The number of fused-ring (bicyclic) bond motifs is 1. The summed E-state index contributed by atoms with van der Waals surface area (Å²) in [4.78, 5) is 19.2. The van der Waals surface area contributed by atoms with Gasteiger partial charge in [0.15, 0.2) is 0 Å². The van der Waals surface area contributed by atoms with E-state index in [-0.39, 0.29) is 5.54 Å². The van der Waals surface area contributed by atoms with Crippen LogP contribution in [0.25, 0.3) is 10.8 Å². The van der Waals surface area contributed by atoms with Gasteiger partial charge in [0, 0.05) is 17.3 Å². The molecule has 0 atom stereocenters. The van der Waals surface area contributed by atoms with E-state index in [0.29, 0.717) is 0 Å². The Labute approximate surface area is 112 Å². The summed E-state index contributed by atoms with van der Waals surface area (Å²) in [6.07, 6.45) is 7.71. The number of nitrogens with zero attached hydrogens (tertiary/aromatic N) is 2. The Bertz CT molecular complexity index is 666. The monoisotopic (exact) mass is 252 g/mol. The van der Waals surface area contributed by atoms with E-state index in [9.17, 15) is 4.79 Å². The molecule has 1 aliphatic carbocycles. The van der Waals surface area contributed by atoms with Crippen LogP contribution in [-0.4, -0.2) is 11.1 Å². The lowest BCUT2D eigenvalue weighted by atomic mass is 9.87. The number of hydrogen-bond donors (Lipinski definition) is 0. The predicted molar refractivity (Wildman–Crippen MR) is 74.7 cm³/mol. The van der Waals surface area contributed by atoms with Crippen LogP contribution in [0.3, 0.4) is 0 Å². The Kier molecular flexibility index (Phi) is 2.92. The van der Waals surface area contributed by atoms with E-state index in [4.69, 9.17) is 0 Å². The van der Waals surface area contributed by atoms with E-state index in [2.05, 4.69) is 28.2 Å². The minimum absolute atomic E-state index is 0.349. The van der Waals surface area contributed by atoms with E-state index < -0.39 is 0 Å². The molecule has 0 saturated heterocycles. The molecule has 0 spiro atoms. The van der Waals surface area contributed by atoms with Gasteiger partial charge in [0.1, 0.15) is 0 Å². The summed E-state index contributed by atoms with van der Waals surface area (Å²) in [5, 5.41) is 2.33. The molecule has 2 aromatic rings. The van der Waals surface area contributed by atoms with Crippen molar-refractivity contribution in [1.82, 2.24) is 4.98 Å². The summed E-state index contributed by atoms with van der Waals surface area (Å²) in [6, 6.07) is 8.34. The van der Waals surface area contributed by atoms with Crippen LogP contribution in [0.15, 0.2) is 35.5 Å². The fourth-order valence-electron chi connectivity index (χ4n) is 3.12. The molecule has 3 heteroatoms. The van der Waals surface area contributed by atoms with Gasteiger partial charge in [0.2, 0.25) is 6.08 Å². The topological polar surface area (TPSA) is 42.3 Å². The lowest BCUT2D eigenvalue weighted by molar-refractivity contribution is 0.456. The van der Waals surface area contributed by atoms with Gasteiger partial charge in [-0.25, -0.2) is 4.79 Å². The van der Waals surface area contributed by atoms with E-state index in [0.717, 1.165) is 42.3 Å². The molecule has 1 aromatic heterocycles. The number of rotatable bonds is 2. The SMILES string of the molecule is Cc1nccc2ccc(C3(N=C=O)CCCC3)cc12. The first-order chi connectivity index (χ1) is 9.25. The zero-order chi connectivity index (χ0) is 13.3. The highest BCUT2D eigenvalue weighted by atomic mass is 16.1. The van der Waals surface area contributed by atoms with Crippen molar-refractivity contribution in [2.24, 2.45) is 4.99 Å². The number of benzene rings is 1. The van der Waals surface area contributed by atoms with Crippen molar-refractivity contribution in [3.05, 3.63) is 41.7 Å². The smallest absolute Gasteiger partial charge is 0.235 e. The Morgan fingerprint density at radius 2 is 2.05 bits per heavy atom. The fourth-order valence-corrected chi connectivity index (χ4v) is 3.12. The highest BCUT2D eigenvalue weighted by molar-refractivity contribution is 5.85. The van der Waals surface area contributed by atoms with Crippen LogP contribution in [0, 0.1) is 6.92 Å². The van der Waals surface area contributed by atoms with Crippen LogP contribution in [0.4, 0.5) is 0 Å². The average Bonchev–Trinajstić information content (AvgIpc) is 2.89. The van der Waals surface area contributed by atoms with Crippen molar-refractivity contribution in [3.63, 3.8) is 0 Å². The molecule has 1 aliphatic rings. The van der Waals surface area contributed by atoms with Crippen LogP contribution in [0.5, 0.6) is 0 Å². The number of aryl methyl sites for hydroxylation is 1. The molecule has 1 aromatic carbocycles. The molecule has 3 nitrogen and oxygen atoms in total. The van der Waals surface area contributed by atoms with Crippen LogP contribution in [0.1, 0.15) is 36.9 Å². The van der Waals surface area contributed by atoms with E-state index in [1.165, 1.54) is 5.39 Å². The van der Waals surface area contributed by atoms with Gasteiger partial charge in [-0.2, -0.15) is 4.99 Å². The minimum Gasteiger partial charge on any atom is -0.261 e. The molecule has 0 N–H and O–H groups in total. The first kappa shape index (κ1) is 12.1. The molecule has 0 amide bonds. The summed E-state index contributed by atoms with van der Waals surface area (Å²) >= 11 is 0. The molecule has 0 bridgehead atoms. The minimum atomic E-state index is -0.349. The van der Waals surface area contributed by atoms with Gasteiger partial charge < -0.3 is 0 Å². The lowest BCUT2D eigenvalue weighted by Crippen LogP contribution is -2.18. The van der Waals surface area contributed by atoms with Gasteiger partial charge in [0.05, 0.1) is 5.54 Å². The van der Waals surface area contributed by atoms with Crippen molar-refractivity contribution < 1.29 is 4.79 Å². The van der Waals surface area contributed by atoms with E-state index in [1.54, 1.807) is 6.08 Å². The van der Waals surface area contributed by atoms with Gasteiger partial charge in [-0.05, 0) is 42.8 Å². The normalized spacial score (nSPS) is 17.3. The van der Waals surface area contributed by atoms with Gasteiger partial charge in [0.25, 0.3) is 0 Å². The highest BCUT2D eigenvalue weighted by Crippen LogP contribution is 2.42. The Morgan fingerprint density at radius 1 is 1.26 bits per heavy atom. The summed E-state index contributed by atoms with van der Waals surface area (Å²) < 4.78 is 0. The standard InChI is InChI=1S/C16H16N2O/c1-12-15-10-14(5-4-13(15)6-9-17-12)16(18-11-19)7-2-3-8-16/h4-6,9-10H,2-3,7-8H2,1H3. The molecule has 0 aliphatic heterocycles. The molecule has 0 unspecified atom stereocenters. The maximum atomic E-state index is 10.8. The van der Waals surface area contributed by atoms with Gasteiger partial charge >= 0.3 is 0 Å². The number of carbonyl (C=O) groups excluding carboxylic acids is 1. The number of aliphatic imine (C=N–C) groups is 1. The quantitative estimate of drug-likeness (QED) is 0.604. The molecular weight excluding hydrogens is 236 g/mol. The number of aromatic nitrogens is 1. The summed E-state index contributed by atoms with van der Waals surface area (Å²) in [5.41, 5.74) is 1.79. The van der Waals surface area contributed by atoms with Crippen LogP contribution in [-0.2, 0) is 10.3 Å². The number of isocyanates is 1. The van der Waals surface area contributed by atoms with E-state index in [1.807, 2.05) is 19.2 Å². The second-order valence-corrected chi connectivity index (χ2v) is 5.27. The van der Waals surface area contributed by atoms with E-state index >= 15 is 0 Å². The third-order valence-corrected chi connectivity index (χ3v) is 4.19. The van der Waals surface area contributed by atoms with Crippen LogP contribution < -0.4 is 0 Å². The van der Waals surface area contributed by atoms with Crippen molar-refractivity contribution in [2.45, 2.75) is 38.1 Å². The summed E-state index contributed by atoms with van der Waals surface area (Å²) in [7, 11) is 0. The molecule has 1 saturated carbocycles. The number of pyridine rings is 1. The number of hydrogen-bond acceptors (Lipinski definition) is 3. The summed E-state index contributed by atoms with van der Waals surface area (Å²) in [6.45, 7) is 2.01. The van der Waals surface area contributed by atoms with Crippen molar-refractivity contribution in [1.29, 1.82) is 0 Å². The maximum absolute atomic E-state index is 10.8. The molecule has 1 heterocycles. The zero-order valence-electron chi connectivity index (χ0n) is 11.0. The molecule has 0 radical (unpaired) electrons. The fraction of sp³-hybridized carbons (Fsp3) is 0.375. The van der Waals surface area contributed by atoms with Gasteiger partial charge in [-0.3, -0.25) is 4.98 Å². The average molecular weight is 252 g/mol. The highest BCUT2D eigenvalue weighted by Gasteiger charge is 2.35. The Balaban J connectivity index is 2.19. The molecule has 19 heavy (non-hydrogen) atoms. The van der Waals surface area contributed by atoms with Crippen molar-refractivity contribution in [2.75, 3.05) is 0 Å². The predicted octanol–water partition coefficient (Wildman–Crippen LogP) is 3.65. The molecule has 3 rings (SSSR count). The second-order valence-electron chi connectivity index (χ2n) is 5.27. The first-order valence-electron chi connectivity index (χ1n) is 6.70. The zero-order valence-corrected chi connectivity index (χ0v) is 11.0.